The first-order valence-corrected chi connectivity index (χ1v) is 2.87. The maximum atomic E-state index is 10.0. The molecule has 2 unspecified atom stereocenters. The molecule has 0 aliphatic heterocycles. The fourth-order valence-corrected chi connectivity index (χ4v) is 0.349. The summed E-state index contributed by atoms with van der Waals surface area (Å²) in [6.45, 7) is 4.45. The zero-order chi connectivity index (χ0) is 6.57. The van der Waals surface area contributed by atoms with E-state index >= 15 is 0 Å². The molecule has 0 aromatic rings. The molecular weight excluding hydrogens is 102 g/mol. The molecule has 0 fully saturated rings. The maximum absolute atomic E-state index is 10.0. The highest BCUT2D eigenvalue weighted by Crippen LogP contribution is 2.04. The largest absolute Gasteiger partial charge is 0.330 e. The lowest BCUT2D eigenvalue weighted by Gasteiger charge is -2.09. The highest BCUT2D eigenvalue weighted by atomic mass is 16.1. The monoisotopic (exact) mass is 115 g/mol. The molecule has 0 saturated carbocycles. The molecule has 0 amide bonds. The minimum Gasteiger partial charge on any atom is -0.330 e. The highest BCUT2D eigenvalue weighted by Gasteiger charge is 2.06. The molecule has 0 aliphatic rings. The van der Waals surface area contributed by atoms with Gasteiger partial charge in [0, 0.05) is 5.92 Å². The fraction of sp³-hybridized carbons (Fsp3) is 0.833. The summed E-state index contributed by atoms with van der Waals surface area (Å²) in [5.41, 5.74) is 5.29. The Labute approximate surface area is 50.1 Å². The molecule has 0 rings (SSSR count). The topological polar surface area (TPSA) is 43.1 Å². The number of hydrogen-bond acceptors (Lipinski definition) is 2. The molecule has 0 saturated heterocycles. The quantitative estimate of drug-likeness (QED) is 0.541. The molecule has 0 aromatic heterocycles. The van der Waals surface area contributed by atoms with E-state index in [1.54, 1.807) is 0 Å². The van der Waals surface area contributed by atoms with Gasteiger partial charge in [0.15, 0.2) is 0 Å². The Morgan fingerprint density at radius 1 is 1.62 bits per heavy atom. The van der Waals surface area contributed by atoms with Gasteiger partial charge in [0.25, 0.3) is 0 Å². The van der Waals surface area contributed by atoms with E-state index in [2.05, 4.69) is 0 Å². The molecule has 8 heavy (non-hydrogen) atoms. The van der Waals surface area contributed by atoms with Crippen LogP contribution in [0.15, 0.2) is 0 Å². The molecule has 0 bridgehead atoms. The SMILES string of the molecule is CC(C=O)C(C)CN. The molecule has 2 heteroatoms. The van der Waals surface area contributed by atoms with Gasteiger partial charge in [-0.15, -0.1) is 0 Å². The Balaban J connectivity index is 3.44. The van der Waals surface area contributed by atoms with Gasteiger partial charge in [-0.1, -0.05) is 13.8 Å². The molecule has 0 radical (unpaired) electrons. The highest BCUT2D eigenvalue weighted by molar-refractivity contribution is 5.53. The smallest absolute Gasteiger partial charge is 0.123 e. The van der Waals surface area contributed by atoms with Crippen molar-refractivity contribution in [3.63, 3.8) is 0 Å². The van der Waals surface area contributed by atoms with Gasteiger partial charge in [-0.25, -0.2) is 0 Å². The van der Waals surface area contributed by atoms with Gasteiger partial charge < -0.3 is 10.5 Å². The first kappa shape index (κ1) is 7.63. The Kier molecular flexibility index (Phi) is 3.44. The molecule has 48 valence electrons. The average Bonchev–Trinajstić information content (AvgIpc) is 1.84. The third-order valence-corrected chi connectivity index (χ3v) is 1.48. The summed E-state index contributed by atoms with van der Waals surface area (Å²) < 4.78 is 0. The summed E-state index contributed by atoms with van der Waals surface area (Å²) >= 11 is 0. The van der Waals surface area contributed by atoms with Crippen molar-refractivity contribution in [2.24, 2.45) is 17.6 Å². The van der Waals surface area contributed by atoms with Gasteiger partial charge in [-0.05, 0) is 12.5 Å². The fourth-order valence-electron chi connectivity index (χ4n) is 0.349. The van der Waals surface area contributed by atoms with E-state index < -0.39 is 0 Å². The van der Waals surface area contributed by atoms with E-state index in [9.17, 15) is 4.79 Å². The van der Waals surface area contributed by atoms with Crippen molar-refractivity contribution in [1.82, 2.24) is 0 Å². The minimum absolute atomic E-state index is 0.111. The van der Waals surface area contributed by atoms with Gasteiger partial charge in [0.05, 0.1) is 0 Å². The van der Waals surface area contributed by atoms with Crippen molar-refractivity contribution >= 4 is 6.29 Å². The van der Waals surface area contributed by atoms with Gasteiger partial charge in [0.2, 0.25) is 0 Å². The normalized spacial score (nSPS) is 17.4. The predicted molar refractivity (Wildman–Crippen MR) is 33.4 cm³/mol. The number of hydrogen-bond donors (Lipinski definition) is 1. The van der Waals surface area contributed by atoms with E-state index in [1.165, 1.54) is 0 Å². The van der Waals surface area contributed by atoms with Crippen molar-refractivity contribution in [2.75, 3.05) is 6.54 Å². The van der Waals surface area contributed by atoms with Crippen LogP contribution < -0.4 is 5.73 Å². The Bertz CT molecular complexity index is 72.9. The first-order valence-electron chi connectivity index (χ1n) is 2.87. The molecule has 2 nitrogen and oxygen atoms in total. The second kappa shape index (κ2) is 3.61. The summed E-state index contributed by atoms with van der Waals surface area (Å²) in [7, 11) is 0. The van der Waals surface area contributed by atoms with Crippen LogP contribution in [0.5, 0.6) is 0 Å². The molecule has 0 aromatic carbocycles. The summed E-state index contributed by atoms with van der Waals surface area (Å²) in [6.07, 6.45) is 0.942. The summed E-state index contributed by atoms with van der Waals surface area (Å²) in [5, 5.41) is 0. The Hall–Kier alpha value is -0.370. The van der Waals surface area contributed by atoms with Crippen molar-refractivity contribution in [3.8, 4) is 0 Å². The van der Waals surface area contributed by atoms with E-state index in [0.29, 0.717) is 12.5 Å². The third kappa shape index (κ3) is 2.07. The lowest BCUT2D eigenvalue weighted by molar-refractivity contribution is -0.111. The van der Waals surface area contributed by atoms with E-state index in [1.807, 2.05) is 13.8 Å². The van der Waals surface area contributed by atoms with Crippen LogP contribution in [0, 0.1) is 11.8 Å². The van der Waals surface area contributed by atoms with E-state index in [4.69, 9.17) is 5.73 Å². The number of nitrogens with two attached hydrogens (primary N) is 1. The molecule has 0 heterocycles. The Morgan fingerprint density at radius 2 is 2.12 bits per heavy atom. The number of carbonyl (C=O) groups excluding carboxylic acids is 1. The zero-order valence-corrected chi connectivity index (χ0v) is 5.42. The second-order valence-electron chi connectivity index (χ2n) is 2.21. The van der Waals surface area contributed by atoms with Crippen molar-refractivity contribution in [3.05, 3.63) is 0 Å². The molecular formula is C6H13NO. The number of carbonyl (C=O) groups is 1. The van der Waals surface area contributed by atoms with Crippen molar-refractivity contribution in [1.29, 1.82) is 0 Å². The van der Waals surface area contributed by atoms with Crippen LogP contribution in [0.2, 0.25) is 0 Å². The summed E-state index contributed by atoms with van der Waals surface area (Å²) in [4.78, 5) is 10.0. The van der Waals surface area contributed by atoms with Crippen molar-refractivity contribution < 1.29 is 4.79 Å². The van der Waals surface area contributed by atoms with Crippen LogP contribution in [0.1, 0.15) is 13.8 Å². The first-order chi connectivity index (χ1) is 3.72. The minimum atomic E-state index is 0.111. The van der Waals surface area contributed by atoms with Crippen LogP contribution in [0.3, 0.4) is 0 Å². The molecule has 0 spiro atoms. The summed E-state index contributed by atoms with van der Waals surface area (Å²) in [6, 6.07) is 0. The van der Waals surface area contributed by atoms with Crippen molar-refractivity contribution in [2.45, 2.75) is 13.8 Å². The summed E-state index contributed by atoms with van der Waals surface area (Å²) in [5.74, 6) is 0.437. The lowest BCUT2D eigenvalue weighted by atomic mass is 9.98. The second-order valence-corrected chi connectivity index (χ2v) is 2.21. The van der Waals surface area contributed by atoms with Gasteiger partial charge in [-0.3, -0.25) is 0 Å². The molecule has 0 aliphatic carbocycles. The van der Waals surface area contributed by atoms with Crippen LogP contribution in [0.4, 0.5) is 0 Å². The maximum Gasteiger partial charge on any atom is 0.123 e. The molecule has 2 atom stereocenters. The van der Waals surface area contributed by atoms with Crippen LogP contribution in [-0.4, -0.2) is 12.8 Å². The van der Waals surface area contributed by atoms with Gasteiger partial charge >= 0.3 is 0 Å². The average molecular weight is 115 g/mol. The van der Waals surface area contributed by atoms with Gasteiger partial charge in [0.1, 0.15) is 6.29 Å². The predicted octanol–water partition coefficient (Wildman–Crippen LogP) is 0.416. The standard InChI is InChI=1S/C6H13NO/c1-5(3-7)6(2)4-8/h4-6H,3,7H2,1-2H3. The third-order valence-electron chi connectivity index (χ3n) is 1.48. The Morgan fingerprint density at radius 3 is 2.25 bits per heavy atom. The van der Waals surface area contributed by atoms with E-state index in [0.717, 1.165) is 6.29 Å². The zero-order valence-electron chi connectivity index (χ0n) is 5.42. The van der Waals surface area contributed by atoms with Gasteiger partial charge in [-0.2, -0.15) is 0 Å². The number of aldehydes is 1. The number of rotatable bonds is 3. The lowest BCUT2D eigenvalue weighted by Crippen LogP contribution is -2.18. The van der Waals surface area contributed by atoms with E-state index in [-0.39, 0.29) is 5.92 Å². The van der Waals surface area contributed by atoms with Crippen LogP contribution in [0.25, 0.3) is 0 Å². The van der Waals surface area contributed by atoms with Crippen LogP contribution >= 0.6 is 0 Å². The molecule has 2 N–H and O–H groups in total. The van der Waals surface area contributed by atoms with Crippen LogP contribution in [-0.2, 0) is 4.79 Å².